The number of nitrogens with two attached hydrogens (primary N) is 1. The van der Waals surface area contributed by atoms with Crippen molar-refractivity contribution in [1.82, 2.24) is 10.6 Å². The Morgan fingerprint density at radius 1 is 1.25 bits per heavy atom. The molecule has 116 valence electrons. The molecule has 20 heavy (non-hydrogen) atoms. The van der Waals surface area contributed by atoms with E-state index in [1.807, 2.05) is 13.8 Å². The van der Waals surface area contributed by atoms with Gasteiger partial charge in [-0.2, -0.15) is 0 Å². The Kier molecular flexibility index (Phi) is 5.44. The van der Waals surface area contributed by atoms with Crippen LogP contribution in [0.5, 0.6) is 0 Å². The summed E-state index contributed by atoms with van der Waals surface area (Å²) in [5.74, 6) is 0.872. The molecule has 2 saturated carbocycles. The maximum atomic E-state index is 12.3. The highest BCUT2D eigenvalue weighted by atomic mass is 35.5. The van der Waals surface area contributed by atoms with Gasteiger partial charge in [-0.1, -0.05) is 0 Å². The molecule has 0 aromatic carbocycles. The molecule has 0 spiro atoms. The molecule has 2 aliphatic carbocycles. The molecule has 2 fully saturated rings. The average molecular weight is 304 g/mol. The fourth-order valence-corrected chi connectivity index (χ4v) is 3.57. The van der Waals surface area contributed by atoms with Gasteiger partial charge in [0.05, 0.1) is 11.3 Å². The zero-order chi connectivity index (χ0) is 14.2. The lowest BCUT2D eigenvalue weighted by molar-refractivity contribution is -0.131. The van der Waals surface area contributed by atoms with Gasteiger partial charge in [0.25, 0.3) is 0 Å². The van der Waals surface area contributed by atoms with Crippen LogP contribution in [0.15, 0.2) is 0 Å². The molecule has 2 rings (SSSR count). The lowest BCUT2D eigenvalue weighted by Gasteiger charge is -2.29. The van der Waals surface area contributed by atoms with E-state index in [-0.39, 0.29) is 36.2 Å². The molecule has 0 aliphatic heterocycles. The van der Waals surface area contributed by atoms with Gasteiger partial charge in [-0.15, -0.1) is 12.4 Å². The minimum Gasteiger partial charge on any atom is -0.359 e. The molecule has 2 amide bonds. The fourth-order valence-electron chi connectivity index (χ4n) is 3.57. The zero-order valence-electron chi connectivity index (χ0n) is 12.4. The molecule has 4 N–H and O–H groups in total. The van der Waals surface area contributed by atoms with Gasteiger partial charge in [-0.05, 0) is 44.9 Å². The second-order valence-electron chi connectivity index (χ2n) is 6.62. The minimum absolute atomic E-state index is 0. The van der Waals surface area contributed by atoms with E-state index in [4.69, 9.17) is 5.73 Å². The van der Waals surface area contributed by atoms with E-state index < -0.39 is 5.41 Å². The van der Waals surface area contributed by atoms with Crippen molar-refractivity contribution >= 4 is 24.2 Å². The number of fused-ring (bicyclic) bond motifs is 2. The molecular weight excluding hydrogens is 278 g/mol. The summed E-state index contributed by atoms with van der Waals surface area (Å²) in [6, 6.07) is 0.00173. The third-order valence-electron chi connectivity index (χ3n) is 4.83. The van der Waals surface area contributed by atoms with Gasteiger partial charge in [0.2, 0.25) is 11.8 Å². The highest BCUT2D eigenvalue weighted by Gasteiger charge is 2.49. The third-order valence-corrected chi connectivity index (χ3v) is 4.83. The van der Waals surface area contributed by atoms with Crippen molar-refractivity contribution in [2.45, 2.75) is 39.2 Å². The molecule has 0 aromatic heterocycles. The second kappa shape index (κ2) is 6.31. The number of amides is 2. The van der Waals surface area contributed by atoms with Gasteiger partial charge in [0.1, 0.15) is 0 Å². The van der Waals surface area contributed by atoms with Gasteiger partial charge >= 0.3 is 0 Å². The van der Waals surface area contributed by atoms with E-state index in [2.05, 4.69) is 10.6 Å². The number of carbonyl (C=O) groups is 2. The molecule has 2 bridgehead atoms. The van der Waals surface area contributed by atoms with Crippen LogP contribution < -0.4 is 16.4 Å². The van der Waals surface area contributed by atoms with Crippen molar-refractivity contribution in [2.24, 2.45) is 28.9 Å². The first-order valence-corrected chi connectivity index (χ1v) is 7.12. The quantitative estimate of drug-likeness (QED) is 0.714. The van der Waals surface area contributed by atoms with Crippen LogP contribution in [0.1, 0.15) is 33.1 Å². The van der Waals surface area contributed by atoms with Gasteiger partial charge in [-0.25, -0.2) is 0 Å². The molecule has 0 heterocycles. The Morgan fingerprint density at radius 3 is 2.35 bits per heavy atom. The summed E-state index contributed by atoms with van der Waals surface area (Å²) in [6.07, 6.45) is 3.38. The molecule has 5 nitrogen and oxygen atoms in total. The number of hydrogen-bond donors (Lipinski definition) is 3. The Labute approximate surface area is 126 Å². The summed E-state index contributed by atoms with van der Waals surface area (Å²) in [6.45, 7) is 4.01. The monoisotopic (exact) mass is 303 g/mol. The van der Waals surface area contributed by atoms with E-state index in [0.717, 1.165) is 12.8 Å². The van der Waals surface area contributed by atoms with Gasteiger partial charge in [-0.3, -0.25) is 9.59 Å². The summed E-state index contributed by atoms with van der Waals surface area (Å²) in [7, 11) is 1.61. The highest BCUT2D eigenvalue weighted by Crippen LogP contribution is 2.47. The summed E-state index contributed by atoms with van der Waals surface area (Å²) >= 11 is 0. The minimum atomic E-state index is -0.591. The fraction of sp³-hybridized carbons (Fsp3) is 0.857. The van der Waals surface area contributed by atoms with Gasteiger partial charge in [0, 0.05) is 19.6 Å². The summed E-state index contributed by atoms with van der Waals surface area (Å²) in [5, 5.41) is 5.53. The molecule has 6 heteroatoms. The lowest BCUT2D eigenvalue weighted by Crippen LogP contribution is -2.49. The second-order valence-corrected chi connectivity index (χ2v) is 6.62. The number of rotatable bonds is 4. The molecule has 2 aliphatic rings. The van der Waals surface area contributed by atoms with Crippen molar-refractivity contribution in [1.29, 1.82) is 0 Å². The van der Waals surface area contributed by atoms with Crippen molar-refractivity contribution in [2.75, 3.05) is 13.6 Å². The van der Waals surface area contributed by atoms with E-state index in [1.54, 1.807) is 7.05 Å². The molecule has 0 aromatic rings. The van der Waals surface area contributed by atoms with E-state index in [0.29, 0.717) is 18.4 Å². The van der Waals surface area contributed by atoms with Crippen molar-refractivity contribution in [3.63, 3.8) is 0 Å². The predicted molar refractivity (Wildman–Crippen MR) is 80.4 cm³/mol. The SMILES string of the molecule is CNC(=O)C(C)(C)CNC(=O)C1C2CCC(C2)C1N.Cl. The van der Waals surface area contributed by atoms with E-state index in [9.17, 15) is 9.59 Å². The number of carbonyl (C=O) groups excluding carboxylic acids is 2. The van der Waals surface area contributed by atoms with Crippen LogP contribution in [0.25, 0.3) is 0 Å². The standard InChI is InChI=1S/C14H25N3O2.ClH/c1-14(2,13(19)16-3)7-17-12(18)10-8-4-5-9(6-8)11(10)15;/h8-11H,4-7,15H2,1-3H3,(H,16,19)(H,17,18);1H. The molecular formula is C14H26ClN3O2. The zero-order valence-corrected chi connectivity index (χ0v) is 13.3. The van der Waals surface area contributed by atoms with Crippen LogP contribution in [0.3, 0.4) is 0 Å². The Hall–Kier alpha value is -0.810. The van der Waals surface area contributed by atoms with E-state index in [1.165, 1.54) is 6.42 Å². The average Bonchev–Trinajstić information content (AvgIpc) is 2.95. The maximum absolute atomic E-state index is 12.3. The molecule has 0 radical (unpaired) electrons. The first kappa shape index (κ1) is 17.2. The third kappa shape index (κ3) is 3.09. The molecule has 4 unspecified atom stereocenters. The lowest BCUT2D eigenvalue weighted by atomic mass is 9.84. The maximum Gasteiger partial charge on any atom is 0.227 e. The number of halogens is 1. The first-order valence-electron chi connectivity index (χ1n) is 7.12. The Bertz CT molecular complexity index is 385. The number of hydrogen-bond acceptors (Lipinski definition) is 3. The van der Waals surface area contributed by atoms with Gasteiger partial charge in [0.15, 0.2) is 0 Å². The van der Waals surface area contributed by atoms with Crippen LogP contribution in [-0.2, 0) is 9.59 Å². The van der Waals surface area contributed by atoms with Crippen LogP contribution in [0, 0.1) is 23.2 Å². The normalized spacial score (nSPS) is 31.6. The topological polar surface area (TPSA) is 84.2 Å². The van der Waals surface area contributed by atoms with Crippen LogP contribution in [0.2, 0.25) is 0 Å². The van der Waals surface area contributed by atoms with Crippen molar-refractivity contribution in [3.05, 3.63) is 0 Å². The summed E-state index contributed by atoms with van der Waals surface area (Å²) in [5.41, 5.74) is 5.56. The summed E-state index contributed by atoms with van der Waals surface area (Å²) in [4.78, 5) is 24.0. The first-order chi connectivity index (χ1) is 8.86. The van der Waals surface area contributed by atoms with Gasteiger partial charge < -0.3 is 16.4 Å². The smallest absolute Gasteiger partial charge is 0.227 e. The Morgan fingerprint density at radius 2 is 1.85 bits per heavy atom. The Balaban J connectivity index is 0.00000200. The molecule has 0 saturated heterocycles. The largest absolute Gasteiger partial charge is 0.359 e. The van der Waals surface area contributed by atoms with E-state index >= 15 is 0 Å². The predicted octanol–water partition coefficient (Wildman–Crippen LogP) is 0.670. The number of nitrogens with one attached hydrogen (secondary N) is 2. The van der Waals surface area contributed by atoms with Crippen LogP contribution >= 0.6 is 12.4 Å². The molecule has 4 atom stereocenters. The highest BCUT2D eigenvalue weighted by molar-refractivity contribution is 5.85. The van der Waals surface area contributed by atoms with Crippen molar-refractivity contribution < 1.29 is 9.59 Å². The van der Waals surface area contributed by atoms with Crippen molar-refractivity contribution in [3.8, 4) is 0 Å². The summed E-state index contributed by atoms with van der Waals surface area (Å²) < 4.78 is 0. The van der Waals surface area contributed by atoms with Crippen LogP contribution in [-0.4, -0.2) is 31.4 Å². The van der Waals surface area contributed by atoms with Crippen LogP contribution in [0.4, 0.5) is 0 Å².